The van der Waals surface area contributed by atoms with Crippen LogP contribution in [0.1, 0.15) is 18.4 Å². The molecule has 2 aromatic carbocycles. The van der Waals surface area contributed by atoms with Crippen molar-refractivity contribution in [1.82, 2.24) is 0 Å². The molecule has 0 aliphatic carbocycles. The second-order valence-corrected chi connectivity index (χ2v) is 6.95. The van der Waals surface area contributed by atoms with Crippen molar-refractivity contribution < 1.29 is 14.3 Å². The molecule has 6 heteroatoms. The molecule has 2 aliphatic rings. The summed E-state index contributed by atoms with van der Waals surface area (Å²) in [5.74, 6) is -0.243. The first-order valence-electron chi connectivity index (χ1n) is 8.88. The van der Waals surface area contributed by atoms with E-state index in [4.69, 9.17) is 16.3 Å². The molecule has 2 heterocycles. The third-order valence-electron chi connectivity index (χ3n) is 4.99. The van der Waals surface area contributed by atoms with Crippen molar-refractivity contribution in [2.75, 3.05) is 30.0 Å². The molecule has 0 aromatic heterocycles. The third kappa shape index (κ3) is 3.08. The van der Waals surface area contributed by atoms with Gasteiger partial charge in [0.1, 0.15) is 10.8 Å². The number of carbonyl (C=O) groups is 2. The van der Waals surface area contributed by atoms with Crippen molar-refractivity contribution in [3.8, 4) is 5.75 Å². The molecule has 0 N–H and O–H groups in total. The van der Waals surface area contributed by atoms with Crippen molar-refractivity contribution in [2.24, 2.45) is 0 Å². The number of nitrogens with zero attached hydrogens (tertiary/aromatic N) is 2. The number of hydrogen-bond acceptors (Lipinski definition) is 4. The lowest BCUT2D eigenvalue weighted by molar-refractivity contribution is -0.119. The van der Waals surface area contributed by atoms with E-state index in [1.54, 1.807) is 43.5 Å². The Hall–Kier alpha value is -2.79. The number of carbonyl (C=O) groups excluding carboxylic acids is 2. The van der Waals surface area contributed by atoms with Crippen molar-refractivity contribution >= 4 is 40.4 Å². The SMILES string of the molecule is COc1ccc(C2=C(Cl)C(=O)N(c3ccc(N4CCCC4)cc3)C2=O)cc1. The Morgan fingerprint density at radius 3 is 2.04 bits per heavy atom. The maximum atomic E-state index is 12.9. The summed E-state index contributed by atoms with van der Waals surface area (Å²) < 4.78 is 5.14. The van der Waals surface area contributed by atoms with Gasteiger partial charge in [-0.25, -0.2) is 4.90 Å². The molecule has 0 radical (unpaired) electrons. The Balaban J connectivity index is 1.61. The van der Waals surface area contributed by atoms with E-state index in [1.807, 2.05) is 12.1 Å². The molecule has 0 saturated carbocycles. The van der Waals surface area contributed by atoms with Crippen LogP contribution in [-0.4, -0.2) is 32.0 Å². The van der Waals surface area contributed by atoms with Crippen LogP contribution in [0.15, 0.2) is 53.6 Å². The van der Waals surface area contributed by atoms with E-state index in [0.29, 0.717) is 17.0 Å². The minimum absolute atomic E-state index is 0.0613. The highest BCUT2D eigenvalue weighted by atomic mass is 35.5. The number of methoxy groups -OCH3 is 1. The molecular weight excluding hydrogens is 364 g/mol. The summed E-state index contributed by atoms with van der Waals surface area (Å²) in [4.78, 5) is 29.0. The van der Waals surface area contributed by atoms with Gasteiger partial charge in [-0.1, -0.05) is 23.7 Å². The van der Waals surface area contributed by atoms with Crippen LogP contribution in [0, 0.1) is 0 Å². The number of halogens is 1. The fourth-order valence-corrected chi connectivity index (χ4v) is 3.81. The lowest BCUT2D eigenvalue weighted by Crippen LogP contribution is -2.31. The van der Waals surface area contributed by atoms with Crippen molar-refractivity contribution in [1.29, 1.82) is 0 Å². The molecule has 27 heavy (non-hydrogen) atoms. The summed E-state index contributed by atoms with van der Waals surface area (Å²) >= 11 is 6.24. The average Bonchev–Trinajstić information content (AvgIpc) is 3.30. The summed E-state index contributed by atoms with van der Waals surface area (Å²) in [6, 6.07) is 14.4. The zero-order valence-electron chi connectivity index (χ0n) is 14.9. The summed E-state index contributed by atoms with van der Waals surface area (Å²) in [5, 5.41) is -0.0613. The van der Waals surface area contributed by atoms with Crippen LogP contribution in [-0.2, 0) is 9.59 Å². The first kappa shape index (κ1) is 17.6. The highest BCUT2D eigenvalue weighted by Gasteiger charge is 2.39. The van der Waals surface area contributed by atoms with Crippen LogP contribution in [0.3, 0.4) is 0 Å². The van der Waals surface area contributed by atoms with Crippen LogP contribution < -0.4 is 14.5 Å². The lowest BCUT2D eigenvalue weighted by Gasteiger charge is -2.20. The minimum atomic E-state index is -0.499. The summed E-state index contributed by atoms with van der Waals surface area (Å²) in [6.07, 6.45) is 2.38. The fourth-order valence-electron chi connectivity index (χ4n) is 3.53. The smallest absolute Gasteiger partial charge is 0.277 e. The van der Waals surface area contributed by atoms with Gasteiger partial charge in [0.2, 0.25) is 0 Å². The number of anilines is 2. The lowest BCUT2D eigenvalue weighted by atomic mass is 10.1. The van der Waals surface area contributed by atoms with Gasteiger partial charge < -0.3 is 9.64 Å². The van der Waals surface area contributed by atoms with Crippen LogP contribution in [0.2, 0.25) is 0 Å². The van der Waals surface area contributed by atoms with Gasteiger partial charge in [0, 0.05) is 18.8 Å². The molecular formula is C21H19ClN2O3. The largest absolute Gasteiger partial charge is 0.497 e. The number of amides is 2. The Bertz CT molecular complexity index is 913. The Kier molecular flexibility index (Phi) is 4.62. The van der Waals surface area contributed by atoms with E-state index in [1.165, 1.54) is 12.8 Å². The van der Waals surface area contributed by atoms with Crippen LogP contribution >= 0.6 is 11.6 Å². The minimum Gasteiger partial charge on any atom is -0.497 e. The van der Waals surface area contributed by atoms with E-state index in [-0.39, 0.29) is 10.6 Å². The molecule has 2 amide bonds. The summed E-state index contributed by atoms with van der Waals surface area (Å²) in [5.41, 5.74) is 2.43. The topological polar surface area (TPSA) is 49.9 Å². The van der Waals surface area contributed by atoms with Gasteiger partial charge in [-0.3, -0.25) is 9.59 Å². The van der Waals surface area contributed by atoms with Crippen LogP contribution in [0.25, 0.3) is 5.57 Å². The highest BCUT2D eigenvalue weighted by molar-refractivity contribution is 6.60. The molecule has 2 aliphatic heterocycles. The molecule has 5 nitrogen and oxygen atoms in total. The fraction of sp³-hybridized carbons (Fsp3) is 0.238. The first-order valence-corrected chi connectivity index (χ1v) is 9.26. The van der Waals surface area contributed by atoms with Crippen LogP contribution in [0.5, 0.6) is 5.75 Å². The van der Waals surface area contributed by atoms with Crippen molar-refractivity contribution in [2.45, 2.75) is 12.8 Å². The second kappa shape index (κ2) is 7.08. The Morgan fingerprint density at radius 1 is 0.852 bits per heavy atom. The van der Waals surface area contributed by atoms with E-state index < -0.39 is 11.8 Å². The normalized spacial score (nSPS) is 17.3. The first-order chi connectivity index (χ1) is 13.1. The molecule has 0 unspecified atom stereocenters. The quantitative estimate of drug-likeness (QED) is 0.754. The zero-order chi connectivity index (χ0) is 19.0. The number of rotatable bonds is 4. The average molecular weight is 383 g/mol. The van der Waals surface area contributed by atoms with Crippen molar-refractivity contribution in [3.63, 3.8) is 0 Å². The van der Waals surface area contributed by atoms with Crippen molar-refractivity contribution in [3.05, 3.63) is 59.1 Å². The summed E-state index contributed by atoms with van der Waals surface area (Å²) in [6.45, 7) is 2.08. The molecule has 2 aromatic rings. The molecule has 138 valence electrons. The molecule has 0 atom stereocenters. The predicted octanol–water partition coefficient (Wildman–Crippen LogP) is 3.82. The van der Waals surface area contributed by atoms with Gasteiger partial charge in [0.05, 0.1) is 18.4 Å². The van der Waals surface area contributed by atoms with E-state index in [0.717, 1.165) is 23.7 Å². The molecule has 1 fully saturated rings. The van der Waals surface area contributed by atoms with Gasteiger partial charge in [-0.2, -0.15) is 0 Å². The number of imide groups is 1. The highest BCUT2D eigenvalue weighted by Crippen LogP contribution is 2.36. The van der Waals surface area contributed by atoms with Crippen LogP contribution in [0.4, 0.5) is 11.4 Å². The van der Waals surface area contributed by atoms with Gasteiger partial charge in [-0.15, -0.1) is 0 Å². The van der Waals surface area contributed by atoms with Gasteiger partial charge in [0.25, 0.3) is 11.8 Å². The molecule has 4 rings (SSSR count). The third-order valence-corrected chi connectivity index (χ3v) is 5.34. The summed E-state index contributed by atoms with van der Waals surface area (Å²) in [7, 11) is 1.57. The molecule has 0 bridgehead atoms. The number of benzene rings is 2. The maximum absolute atomic E-state index is 12.9. The molecule has 0 spiro atoms. The maximum Gasteiger partial charge on any atom is 0.277 e. The van der Waals surface area contributed by atoms with Gasteiger partial charge >= 0.3 is 0 Å². The second-order valence-electron chi connectivity index (χ2n) is 6.57. The Labute approximate surface area is 162 Å². The van der Waals surface area contributed by atoms with E-state index in [2.05, 4.69) is 4.90 Å². The number of ether oxygens (including phenoxy) is 1. The van der Waals surface area contributed by atoms with Gasteiger partial charge in [-0.05, 0) is 54.8 Å². The zero-order valence-corrected chi connectivity index (χ0v) is 15.7. The predicted molar refractivity (Wildman–Crippen MR) is 106 cm³/mol. The molecule has 1 saturated heterocycles. The monoisotopic (exact) mass is 382 g/mol. The Morgan fingerprint density at radius 2 is 1.44 bits per heavy atom. The standard InChI is InChI=1S/C21H19ClN2O3/c1-27-17-10-4-14(5-11-17)18-19(22)21(26)24(20(18)25)16-8-6-15(7-9-16)23-12-2-3-13-23/h4-11H,2-3,12-13H2,1H3. The van der Waals surface area contributed by atoms with Gasteiger partial charge in [0.15, 0.2) is 0 Å². The number of hydrogen-bond donors (Lipinski definition) is 0. The van der Waals surface area contributed by atoms with E-state index in [9.17, 15) is 9.59 Å². The van der Waals surface area contributed by atoms with E-state index >= 15 is 0 Å².